The van der Waals surface area contributed by atoms with Gasteiger partial charge < -0.3 is 4.79 Å². The molecule has 1 aromatic carbocycles. The number of piperidine rings is 1. The van der Waals surface area contributed by atoms with Gasteiger partial charge in [-0.1, -0.05) is 18.2 Å². The standard InChI is InChI=1S/C14H17N5O/c20-11-12-6-8-18(9-7-12)10-14-15-16-17-19(14)13-4-2-1-3-5-13/h1-5,11-12H,6-10H2. The maximum atomic E-state index is 10.8. The number of hydrogen-bond acceptors (Lipinski definition) is 5. The predicted molar refractivity (Wildman–Crippen MR) is 73.2 cm³/mol. The summed E-state index contributed by atoms with van der Waals surface area (Å²) >= 11 is 0. The highest BCUT2D eigenvalue weighted by Crippen LogP contribution is 2.17. The lowest BCUT2D eigenvalue weighted by molar-refractivity contribution is -0.112. The van der Waals surface area contributed by atoms with Crippen molar-refractivity contribution in [1.29, 1.82) is 0 Å². The third-order valence-electron chi connectivity index (χ3n) is 3.72. The molecule has 1 aliphatic heterocycles. The third-order valence-corrected chi connectivity index (χ3v) is 3.72. The molecule has 0 spiro atoms. The molecule has 0 N–H and O–H groups in total. The van der Waals surface area contributed by atoms with Crippen LogP contribution in [-0.2, 0) is 11.3 Å². The number of nitrogens with zero attached hydrogens (tertiary/aromatic N) is 5. The van der Waals surface area contributed by atoms with Crippen molar-refractivity contribution in [2.24, 2.45) is 5.92 Å². The van der Waals surface area contributed by atoms with Gasteiger partial charge in [0.25, 0.3) is 0 Å². The summed E-state index contributed by atoms with van der Waals surface area (Å²) in [6.45, 7) is 2.56. The summed E-state index contributed by atoms with van der Waals surface area (Å²) in [6, 6.07) is 9.88. The molecule has 0 saturated carbocycles. The van der Waals surface area contributed by atoms with Gasteiger partial charge in [-0.3, -0.25) is 4.90 Å². The van der Waals surface area contributed by atoms with E-state index in [2.05, 4.69) is 20.4 Å². The number of tetrazole rings is 1. The number of aromatic nitrogens is 4. The molecule has 2 heterocycles. The van der Waals surface area contributed by atoms with Gasteiger partial charge in [-0.15, -0.1) is 5.10 Å². The maximum Gasteiger partial charge on any atom is 0.170 e. The molecule has 6 nitrogen and oxygen atoms in total. The first-order valence-corrected chi connectivity index (χ1v) is 6.87. The van der Waals surface area contributed by atoms with Gasteiger partial charge in [-0.05, 0) is 48.5 Å². The summed E-state index contributed by atoms with van der Waals surface area (Å²) < 4.78 is 1.77. The number of carbonyl (C=O) groups is 1. The molecule has 0 radical (unpaired) electrons. The van der Waals surface area contributed by atoms with Gasteiger partial charge in [0.1, 0.15) is 6.29 Å². The Kier molecular flexibility index (Phi) is 3.83. The lowest BCUT2D eigenvalue weighted by Crippen LogP contribution is -2.34. The smallest absolute Gasteiger partial charge is 0.170 e. The molecule has 6 heteroatoms. The molecular formula is C14H17N5O. The van der Waals surface area contributed by atoms with E-state index in [0.29, 0.717) is 6.54 Å². The summed E-state index contributed by atoms with van der Waals surface area (Å²) in [6.07, 6.45) is 2.93. The van der Waals surface area contributed by atoms with E-state index in [-0.39, 0.29) is 5.92 Å². The van der Waals surface area contributed by atoms with Crippen molar-refractivity contribution in [3.63, 3.8) is 0 Å². The Morgan fingerprint density at radius 1 is 1.20 bits per heavy atom. The van der Waals surface area contributed by atoms with Crippen molar-refractivity contribution in [1.82, 2.24) is 25.1 Å². The summed E-state index contributed by atoms with van der Waals surface area (Å²) in [5.41, 5.74) is 0.968. The number of carbonyl (C=O) groups excluding carboxylic acids is 1. The Labute approximate surface area is 117 Å². The van der Waals surface area contributed by atoms with Crippen LogP contribution < -0.4 is 0 Å². The lowest BCUT2D eigenvalue weighted by Gasteiger charge is -2.28. The average Bonchev–Trinajstić information content (AvgIpc) is 2.97. The summed E-state index contributed by atoms with van der Waals surface area (Å²) in [7, 11) is 0. The molecule has 20 heavy (non-hydrogen) atoms. The lowest BCUT2D eigenvalue weighted by atomic mass is 9.99. The monoisotopic (exact) mass is 271 g/mol. The second-order valence-corrected chi connectivity index (χ2v) is 5.09. The Morgan fingerprint density at radius 3 is 2.65 bits per heavy atom. The quantitative estimate of drug-likeness (QED) is 0.778. The Hall–Kier alpha value is -2.08. The predicted octanol–water partition coefficient (Wildman–Crippen LogP) is 1.07. The van der Waals surface area contributed by atoms with E-state index < -0.39 is 0 Å². The fourth-order valence-corrected chi connectivity index (χ4v) is 2.52. The van der Waals surface area contributed by atoms with Crippen LogP contribution in [-0.4, -0.2) is 44.5 Å². The summed E-state index contributed by atoms with van der Waals surface area (Å²) in [5, 5.41) is 11.9. The molecular weight excluding hydrogens is 254 g/mol. The Balaban J connectivity index is 1.70. The van der Waals surface area contributed by atoms with Crippen molar-refractivity contribution in [3.8, 4) is 5.69 Å². The van der Waals surface area contributed by atoms with E-state index in [1.807, 2.05) is 30.3 Å². The minimum Gasteiger partial charge on any atom is -0.303 e. The number of benzene rings is 1. The average molecular weight is 271 g/mol. The number of aldehydes is 1. The largest absolute Gasteiger partial charge is 0.303 e. The SMILES string of the molecule is O=CC1CCN(Cc2nnnn2-c2ccccc2)CC1. The molecule has 0 unspecified atom stereocenters. The first-order chi connectivity index (χ1) is 9.86. The minimum atomic E-state index is 0.219. The highest BCUT2D eigenvalue weighted by atomic mass is 16.1. The molecule has 104 valence electrons. The fraction of sp³-hybridized carbons (Fsp3) is 0.429. The van der Waals surface area contributed by atoms with Crippen molar-refractivity contribution in [2.75, 3.05) is 13.1 Å². The second kappa shape index (κ2) is 5.92. The zero-order valence-electron chi connectivity index (χ0n) is 11.2. The number of para-hydroxylation sites is 1. The second-order valence-electron chi connectivity index (χ2n) is 5.09. The highest BCUT2D eigenvalue weighted by Gasteiger charge is 2.20. The molecule has 2 aromatic rings. The molecule has 1 saturated heterocycles. The van der Waals surface area contributed by atoms with Gasteiger partial charge in [-0.2, -0.15) is 4.68 Å². The summed E-state index contributed by atoms with van der Waals surface area (Å²) in [4.78, 5) is 13.1. The van der Waals surface area contributed by atoms with Crippen LogP contribution in [0.2, 0.25) is 0 Å². The summed E-state index contributed by atoms with van der Waals surface area (Å²) in [5.74, 6) is 1.05. The zero-order valence-corrected chi connectivity index (χ0v) is 11.2. The molecule has 0 bridgehead atoms. The molecule has 0 aliphatic carbocycles. The minimum absolute atomic E-state index is 0.219. The third kappa shape index (κ3) is 2.75. The molecule has 3 rings (SSSR count). The van der Waals surface area contributed by atoms with Crippen LogP contribution in [0, 0.1) is 5.92 Å². The fourth-order valence-electron chi connectivity index (χ4n) is 2.52. The van der Waals surface area contributed by atoms with Gasteiger partial charge in [-0.25, -0.2) is 0 Å². The van der Waals surface area contributed by atoms with Crippen LogP contribution in [0.15, 0.2) is 30.3 Å². The topological polar surface area (TPSA) is 63.9 Å². The van der Waals surface area contributed by atoms with Crippen LogP contribution in [0.3, 0.4) is 0 Å². The maximum absolute atomic E-state index is 10.8. The van der Waals surface area contributed by atoms with E-state index in [1.54, 1.807) is 4.68 Å². The van der Waals surface area contributed by atoms with E-state index in [0.717, 1.165) is 43.7 Å². The highest BCUT2D eigenvalue weighted by molar-refractivity contribution is 5.53. The van der Waals surface area contributed by atoms with E-state index in [4.69, 9.17) is 0 Å². The number of likely N-dealkylation sites (tertiary alicyclic amines) is 1. The van der Waals surface area contributed by atoms with E-state index in [1.165, 1.54) is 0 Å². The molecule has 0 amide bonds. The van der Waals surface area contributed by atoms with Crippen molar-refractivity contribution >= 4 is 6.29 Å². The van der Waals surface area contributed by atoms with Gasteiger partial charge >= 0.3 is 0 Å². The van der Waals surface area contributed by atoms with Crippen molar-refractivity contribution in [3.05, 3.63) is 36.2 Å². The zero-order chi connectivity index (χ0) is 13.8. The van der Waals surface area contributed by atoms with E-state index >= 15 is 0 Å². The molecule has 1 aromatic heterocycles. The first-order valence-electron chi connectivity index (χ1n) is 6.87. The molecule has 1 aliphatic rings. The Bertz CT molecular complexity index is 560. The van der Waals surface area contributed by atoms with Crippen molar-refractivity contribution < 1.29 is 4.79 Å². The van der Waals surface area contributed by atoms with Crippen molar-refractivity contribution in [2.45, 2.75) is 19.4 Å². The van der Waals surface area contributed by atoms with Gasteiger partial charge in [0.2, 0.25) is 0 Å². The van der Waals surface area contributed by atoms with Gasteiger partial charge in [0, 0.05) is 5.92 Å². The first kappa shape index (κ1) is 12.9. The van der Waals surface area contributed by atoms with Crippen LogP contribution >= 0.6 is 0 Å². The Morgan fingerprint density at radius 2 is 1.95 bits per heavy atom. The molecule has 0 atom stereocenters. The van der Waals surface area contributed by atoms with Gasteiger partial charge in [0.05, 0.1) is 12.2 Å². The van der Waals surface area contributed by atoms with Crippen LogP contribution in [0.1, 0.15) is 18.7 Å². The van der Waals surface area contributed by atoms with E-state index in [9.17, 15) is 4.79 Å². The number of rotatable bonds is 4. The number of hydrogen-bond donors (Lipinski definition) is 0. The van der Waals surface area contributed by atoms with Gasteiger partial charge in [0.15, 0.2) is 5.82 Å². The van der Waals surface area contributed by atoms with Crippen LogP contribution in [0.25, 0.3) is 5.69 Å². The normalized spacial score (nSPS) is 17.2. The van der Waals surface area contributed by atoms with Crippen LogP contribution in [0.4, 0.5) is 0 Å². The molecule has 1 fully saturated rings. The van der Waals surface area contributed by atoms with Crippen LogP contribution in [0.5, 0.6) is 0 Å².